The third-order valence-corrected chi connectivity index (χ3v) is 7.15. The van der Waals surface area contributed by atoms with Crippen molar-refractivity contribution in [2.75, 3.05) is 26.2 Å². The summed E-state index contributed by atoms with van der Waals surface area (Å²) in [6, 6.07) is 3.75. The van der Waals surface area contributed by atoms with E-state index in [1.54, 1.807) is 7.05 Å². The third kappa shape index (κ3) is 3.69. The molecule has 0 spiro atoms. The summed E-state index contributed by atoms with van der Waals surface area (Å²) < 4.78 is 54.6. The molecule has 6 nitrogen and oxygen atoms in total. The van der Waals surface area contributed by atoms with Crippen LogP contribution in [0.3, 0.4) is 0 Å². The van der Waals surface area contributed by atoms with Gasteiger partial charge >= 0.3 is 0 Å². The number of hydrogen-bond donors (Lipinski definition) is 0. The van der Waals surface area contributed by atoms with Gasteiger partial charge in [0.1, 0.15) is 27.4 Å². The van der Waals surface area contributed by atoms with Crippen molar-refractivity contribution in [3.63, 3.8) is 0 Å². The maximum atomic E-state index is 13.9. The highest BCUT2D eigenvalue weighted by molar-refractivity contribution is 7.89. The highest BCUT2D eigenvalue weighted by Gasteiger charge is 2.33. The molecule has 1 aliphatic heterocycles. The van der Waals surface area contributed by atoms with Crippen molar-refractivity contribution in [3.05, 3.63) is 51.8 Å². The Labute approximate surface area is 164 Å². The van der Waals surface area contributed by atoms with E-state index in [4.69, 9.17) is 23.2 Å². The summed E-state index contributed by atoms with van der Waals surface area (Å²) in [4.78, 5) is 13.5. The van der Waals surface area contributed by atoms with Gasteiger partial charge in [-0.2, -0.15) is 4.31 Å². The Balaban J connectivity index is 1.74. The quantitative estimate of drug-likeness (QED) is 0.741. The van der Waals surface area contributed by atoms with Gasteiger partial charge in [0.2, 0.25) is 10.0 Å². The second-order valence-corrected chi connectivity index (χ2v) is 8.67. The average Bonchev–Trinajstić information content (AvgIpc) is 2.88. The number of carbonyl (C=O) groups excluding carboxylic acids is 1. The van der Waals surface area contributed by atoms with E-state index in [0.29, 0.717) is 6.07 Å². The molecule has 1 amide bonds. The molecular weight excluding hydrogens is 423 g/mol. The van der Waals surface area contributed by atoms with Crippen molar-refractivity contribution in [1.82, 2.24) is 13.8 Å². The summed E-state index contributed by atoms with van der Waals surface area (Å²) >= 11 is 11.9. The number of rotatable bonds is 3. The van der Waals surface area contributed by atoms with E-state index in [2.05, 4.69) is 0 Å². The molecule has 1 fully saturated rings. The van der Waals surface area contributed by atoms with E-state index in [9.17, 15) is 22.0 Å². The van der Waals surface area contributed by atoms with Gasteiger partial charge in [0.25, 0.3) is 5.91 Å². The fourth-order valence-electron chi connectivity index (χ4n) is 2.86. The average molecular weight is 438 g/mol. The molecule has 0 atom stereocenters. The van der Waals surface area contributed by atoms with Gasteiger partial charge in [-0.05, 0) is 18.2 Å². The molecule has 0 bridgehead atoms. The molecule has 1 aliphatic rings. The normalized spacial score (nSPS) is 16.0. The zero-order valence-electron chi connectivity index (χ0n) is 14.1. The fourth-order valence-corrected chi connectivity index (χ4v) is 4.71. The van der Waals surface area contributed by atoms with Gasteiger partial charge in [0.05, 0.1) is 5.02 Å². The molecule has 11 heteroatoms. The molecule has 0 radical (unpaired) electrons. The number of amides is 1. The largest absolute Gasteiger partial charge is 0.335 e. The molecule has 0 saturated carbocycles. The Kier molecular flexibility index (Phi) is 5.49. The molecule has 27 heavy (non-hydrogen) atoms. The molecular formula is C16H15Cl2F2N3O3S. The lowest BCUT2D eigenvalue weighted by Gasteiger charge is -2.34. The van der Waals surface area contributed by atoms with E-state index in [1.807, 2.05) is 0 Å². The summed E-state index contributed by atoms with van der Waals surface area (Å²) in [5.74, 6) is -2.35. The summed E-state index contributed by atoms with van der Waals surface area (Å²) in [7, 11) is -2.53. The fraction of sp³-hybridized carbons (Fsp3) is 0.312. The first-order chi connectivity index (χ1) is 12.6. The van der Waals surface area contributed by atoms with Crippen molar-refractivity contribution < 1.29 is 22.0 Å². The first kappa shape index (κ1) is 20.1. The Morgan fingerprint density at radius 1 is 1.07 bits per heavy atom. The number of aromatic nitrogens is 1. The van der Waals surface area contributed by atoms with Gasteiger partial charge in [0.15, 0.2) is 0 Å². The Morgan fingerprint density at radius 2 is 1.70 bits per heavy atom. The van der Waals surface area contributed by atoms with Gasteiger partial charge in [-0.1, -0.05) is 23.2 Å². The van der Waals surface area contributed by atoms with Crippen LogP contribution in [0.1, 0.15) is 10.5 Å². The maximum Gasteiger partial charge on any atom is 0.270 e. The highest BCUT2D eigenvalue weighted by Crippen LogP contribution is 2.27. The van der Waals surface area contributed by atoms with Gasteiger partial charge < -0.3 is 9.47 Å². The molecule has 0 unspecified atom stereocenters. The van der Waals surface area contributed by atoms with Crippen LogP contribution < -0.4 is 0 Å². The van der Waals surface area contributed by atoms with Gasteiger partial charge in [0, 0.05) is 39.3 Å². The first-order valence-electron chi connectivity index (χ1n) is 7.88. The topological polar surface area (TPSA) is 62.6 Å². The zero-order chi connectivity index (χ0) is 19.9. The Morgan fingerprint density at radius 3 is 2.22 bits per heavy atom. The van der Waals surface area contributed by atoms with Crippen LogP contribution in [0.25, 0.3) is 0 Å². The predicted molar refractivity (Wildman–Crippen MR) is 96.5 cm³/mol. The van der Waals surface area contributed by atoms with Crippen LogP contribution in [-0.2, 0) is 17.1 Å². The standard InChI is InChI=1S/C16H15Cl2F2N3O3S/c1-21-13(9-11(17)15(21)18)16(24)22-4-6-23(7-5-22)27(25,26)14-3-2-10(19)8-12(14)20/h2-3,8-9H,4-7H2,1H3. The second kappa shape index (κ2) is 7.38. The molecule has 0 aliphatic carbocycles. The molecule has 146 valence electrons. The van der Waals surface area contributed by atoms with Crippen molar-refractivity contribution in [2.45, 2.75) is 4.90 Å². The van der Waals surface area contributed by atoms with Crippen molar-refractivity contribution in [2.24, 2.45) is 7.05 Å². The Bertz CT molecular complexity index is 1000. The van der Waals surface area contributed by atoms with Crippen LogP contribution >= 0.6 is 23.2 Å². The first-order valence-corrected chi connectivity index (χ1v) is 10.1. The molecule has 1 aromatic heterocycles. The lowest BCUT2D eigenvalue weighted by Crippen LogP contribution is -2.50. The minimum atomic E-state index is -4.13. The molecule has 1 saturated heterocycles. The summed E-state index contributed by atoms with van der Waals surface area (Å²) in [5.41, 5.74) is 0.283. The number of piperazine rings is 1. The van der Waals surface area contributed by atoms with Gasteiger partial charge in [-0.15, -0.1) is 0 Å². The molecule has 3 rings (SSSR count). The van der Waals surface area contributed by atoms with E-state index in [1.165, 1.54) is 15.5 Å². The van der Waals surface area contributed by atoms with E-state index >= 15 is 0 Å². The predicted octanol–water partition coefficient (Wildman–Crippen LogP) is 2.76. The number of carbonyl (C=O) groups is 1. The molecule has 2 aromatic rings. The number of sulfonamides is 1. The van der Waals surface area contributed by atoms with Crippen LogP contribution in [0.15, 0.2) is 29.2 Å². The smallest absolute Gasteiger partial charge is 0.270 e. The minimum absolute atomic E-state index is 0.0171. The van der Waals surface area contributed by atoms with E-state index in [0.717, 1.165) is 16.4 Å². The van der Waals surface area contributed by atoms with Crippen molar-refractivity contribution in [1.29, 1.82) is 0 Å². The van der Waals surface area contributed by atoms with Crippen LogP contribution in [0, 0.1) is 11.6 Å². The Hall–Kier alpha value is -1.68. The highest BCUT2D eigenvalue weighted by atomic mass is 35.5. The van der Waals surface area contributed by atoms with E-state index in [-0.39, 0.29) is 48.0 Å². The lowest BCUT2D eigenvalue weighted by molar-refractivity contribution is 0.0688. The van der Waals surface area contributed by atoms with E-state index < -0.39 is 26.6 Å². The van der Waals surface area contributed by atoms with Crippen LogP contribution in [0.2, 0.25) is 10.2 Å². The summed E-state index contributed by atoms with van der Waals surface area (Å²) in [6.07, 6.45) is 0. The summed E-state index contributed by atoms with van der Waals surface area (Å²) in [6.45, 7) is 0.191. The number of benzene rings is 1. The van der Waals surface area contributed by atoms with Crippen molar-refractivity contribution in [3.8, 4) is 0 Å². The maximum absolute atomic E-state index is 13.9. The SMILES string of the molecule is Cn1c(C(=O)N2CCN(S(=O)(=O)c3ccc(F)cc3F)CC2)cc(Cl)c1Cl. The second-order valence-electron chi connectivity index (χ2n) is 6.00. The van der Waals surface area contributed by atoms with Gasteiger partial charge in [-0.25, -0.2) is 17.2 Å². The molecule has 1 aromatic carbocycles. The lowest BCUT2D eigenvalue weighted by atomic mass is 10.3. The number of nitrogens with zero attached hydrogens (tertiary/aromatic N) is 3. The molecule has 2 heterocycles. The molecule has 0 N–H and O–H groups in total. The van der Waals surface area contributed by atoms with Crippen LogP contribution in [0.5, 0.6) is 0 Å². The van der Waals surface area contributed by atoms with Crippen LogP contribution in [0.4, 0.5) is 8.78 Å². The zero-order valence-corrected chi connectivity index (χ0v) is 16.5. The monoisotopic (exact) mass is 437 g/mol. The number of hydrogen-bond acceptors (Lipinski definition) is 3. The van der Waals surface area contributed by atoms with Gasteiger partial charge in [-0.3, -0.25) is 4.79 Å². The minimum Gasteiger partial charge on any atom is -0.335 e. The van der Waals surface area contributed by atoms with Crippen molar-refractivity contribution >= 4 is 39.1 Å². The summed E-state index contributed by atoms with van der Waals surface area (Å²) in [5, 5.41) is 0.475. The number of halogens is 4. The van der Waals surface area contributed by atoms with Crippen LogP contribution in [-0.4, -0.2) is 54.3 Å². The third-order valence-electron chi connectivity index (χ3n) is 4.37.